The second kappa shape index (κ2) is 11.8. The first-order valence-electron chi connectivity index (χ1n) is 13.8. The number of anilines is 1. The Hall–Kier alpha value is -3.40. The van der Waals surface area contributed by atoms with E-state index in [9.17, 15) is 4.79 Å². The van der Waals surface area contributed by atoms with Gasteiger partial charge in [0.15, 0.2) is 0 Å². The number of likely N-dealkylation sites (tertiary alicyclic amines) is 1. The molecule has 0 bridgehead atoms. The second-order valence-corrected chi connectivity index (χ2v) is 10.5. The van der Waals surface area contributed by atoms with Gasteiger partial charge in [0.25, 0.3) is 0 Å². The molecule has 7 nitrogen and oxygen atoms in total. The Morgan fingerprint density at radius 3 is 2.49 bits per heavy atom. The molecule has 1 aliphatic carbocycles. The maximum absolute atomic E-state index is 12.9. The van der Waals surface area contributed by atoms with Crippen LogP contribution in [-0.4, -0.2) is 53.2 Å². The molecular weight excluding hydrogens is 462 g/mol. The molecule has 2 fully saturated rings. The fraction of sp³-hybridized carbons (Fsp3) is 0.533. The minimum Gasteiger partial charge on any atom is -0.493 e. The van der Waals surface area contributed by atoms with Crippen molar-refractivity contribution in [2.24, 2.45) is 11.8 Å². The molecule has 7 heteroatoms. The molecule has 3 aliphatic rings. The number of piperidine rings is 1. The lowest BCUT2D eigenvalue weighted by molar-refractivity contribution is -0.135. The van der Waals surface area contributed by atoms with Crippen molar-refractivity contribution in [2.75, 3.05) is 31.1 Å². The van der Waals surface area contributed by atoms with Crippen LogP contribution >= 0.6 is 0 Å². The van der Waals surface area contributed by atoms with Gasteiger partial charge in [-0.15, -0.1) is 0 Å². The molecule has 1 unspecified atom stereocenters. The van der Waals surface area contributed by atoms with Gasteiger partial charge in [-0.25, -0.2) is 16.5 Å². The predicted molar refractivity (Wildman–Crippen MR) is 145 cm³/mol. The van der Waals surface area contributed by atoms with E-state index in [1.165, 1.54) is 16.7 Å². The first-order valence-corrected chi connectivity index (χ1v) is 13.8. The summed E-state index contributed by atoms with van der Waals surface area (Å²) in [5.74, 6) is 2.48. The zero-order chi connectivity index (χ0) is 25.6. The van der Waals surface area contributed by atoms with Crippen LogP contribution in [0.5, 0.6) is 5.75 Å². The summed E-state index contributed by atoms with van der Waals surface area (Å²) in [6, 6.07) is 8.41. The van der Waals surface area contributed by atoms with E-state index in [0.29, 0.717) is 5.92 Å². The van der Waals surface area contributed by atoms with Crippen molar-refractivity contribution < 1.29 is 9.53 Å². The largest absolute Gasteiger partial charge is 0.493 e. The molecule has 2 aliphatic heterocycles. The van der Waals surface area contributed by atoms with Crippen molar-refractivity contribution in [1.29, 1.82) is 0 Å². The van der Waals surface area contributed by atoms with Gasteiger partial charge in [-0.1, -0.05) is 25.1 Å². The number of aryl methyl sites for hydroxylation is 1. The molecule has 0 N–H and O–H groups in total. The Bertz CT molecular complexity index is 1130. The molecule has 0 saturated carbocycles. The van der Waals surface area contributed by atoms with Crippen LogP contribution in [0, 0.1) is 18.4 Å². The minimum absolute atomic E-state index is 0.0161. The third-order valence-electron chi connectivity index (χ3n) is 8.12. The number of amides is 1. The van der Waals surface area contributed by atoms with Crippen LogP contribution < -0.4 is 9.64 Å². The van der Waals surface area contributed by atoms with Crippen molar-refractivity contribution in [3.8, 4) is 5.75 Å². The van der Waals surface area contributed by atoms with E-state index in [1.807, 2.05) is 17.3 Å². The molecule has 1 amide bonds. The summed E-state index contributed by atoms with van der Waals surface area (Å²) in [4.78, 5) is 29.7. The first kappa shape index (κ1) is 25.3. The molecule has 0 radical (unpaired) electrons. The Labute approximate surface area is 220 Å². The maximum Gasteiger partial charge on any atom is 0.300 e. The zero-order valence-corrected chi connectivity index (χ0v) is 21.8. The van der Waals surface area contributed by atoms with E-state index in [4.69, 9.17) is 11.3 Å². The number of aromatic nitrogens is 2. The molecule has 2 aromatic rings. The molecule has 0 spiro atoms. The van der Waals surface area contributed by atoms with E-state index < -0.39 is 0 Å². The van der Waals surface area contributed by atoms with Crippen LogP contribution in [0.15, 0.2) is 42.7 Å². The third kappa shape index (κ3) is 5.95. The number of hydrogen-bond acceptors (Lipinski definition) is 5. The summed E-state index contributed by atoms with van der Waals surface area (Å²) in [5, 5.41) is 0. The van der Waals surface area contributed by atoms with Crippen molar-refractivity contribution in [3.63, 3.8) is 0 Å². The lowest BCUT2D eigenvalue weighted by Gasteiger charge is -2.31. The number of rotatable bonds is 7. The molecule has 3 heterocycles. The van der Waals surface area contributed by atoms with E-state index in [2.05, 4.69) is 57.0 Å². The first-order chi connectivity index (χ1) is 18.1. The Kier molecular flexibility index (Phi) is 8.03. The van der Waals surface area contributed by atoms with Crippen molar-refractivity contribution >= 4 is 17.4 Å². The monoisotopic (exact) mass is 499 g/mol. The van der Waals surface area contributed by atoms with Gasteiger partial charge in [0, 0.05) is 44.4 Å². The summed E-state index contributed by atoms with van der Waals surface area (Å²) < 4.78 is 6.14. The second-order valence-electron chi connectivity index (χ2n) is 10.5. The molecule has 1 aromatic carbocycles. The summed E-state index contributed by atoms with van der Waals surface area (Å²) in [6.45, 7) is 12.9. The van der Waals surface area contributed by atoms with Gasteiger partial charge >= 0.3 is 6.17 Å². The molecule has 37 heavy (non-hydrogen) atoms. The van der Waals surface area contributed by atoms with Crippen molar-refractivity contribution in [1.82, 2.24) is 14.9 Å². The van der Waals surface area contributed by atoms with E-state index >= 15 is 0 Å². The highest BCUT2D eigenvalue weighted by molar-refractivity contribution is 5.81. The Morgan fingerprint density at radius 2 is 1.84 bits per heavy atom. The SMILES string of the molecule is [C-]#[N+][C@@H]1CCCN1C(=O)C1CC=C(c2ccc(OCC3CCN(c4ncc(CC)cn4)CC3)cc2)CC1. The number of benzene rings is 1. The van der Waals surface area contributed by atoms with Crippen LogP contribution in [0.1, 0.15) is 63.0 Å². The van der Waals surface area contributed by atoms with Crippen LogP contribution in [0.2, 0.25) is 0 Å². The van der Waals surface area contributed by atoms with E-state index in [1.54, 1.807) is 0 Å². The predicted octanol–water partition coefficient (Wildman–Crippen LogP) is 5.39. The van der Waals surface area contributed by atoms with Crippen LogP contribution in [0.25, 0.3) is 10.4 Å². The van der Waals surface area contributed by atoms with E-state index in [0.717, 1.165) is 89.3 Å². The van der Waals surface area contributed by atoms with E-state index in [-0.39, 0.29) is 18.0 Å². The molecule has 2 saturated heterocycles. The molecule has 194 valence electrons. The summed E-state index contributed by atoms with van der Waals surface area (Å²) in [7, 11) is 0. The smallest absolute Gasteiger partial charge is 0.300 e. The average molecular weight is 500 g/mol. The van der Waals surface area contributed by atoms with Crippen LogP contribution in [-0.2, 0) is 11.2 Å². The Balaban J connectivity index is 1.07. The van der Waals surface area contributed by atoms with Gasteiger partial charge in [0.1, 0.15) is 5.75 Å². The van der Waals surface area contributed by atoms with Gasteiger partial charge in [-0.2, -0.15) is 0 Å². The molecule has 2 atom stereocenters. The van der Waals surface area contributed by atoms with Gasteiger partial charge in [-0.3, -0.25) is 14.5 Å². The number of ether oxygens (including phenoxy) is 1. The normalized spacial score (nSPS) is 22.4. The number of carbonyl (C=O) groups is 1. The molecule has 5 rings (SSSR count). The van der Waals surface area contributed by atoms with Gasteiger partial charge < -0.3 is 9.64 Å². The fourth-order valence-corrected chi connectivity index (χ4v) is 5.67. The van der Waals surface area contributed by atoms with Crippen LogP contribution in [0.3, 0.4) is 0 Å². The van der Waals surface area contributed by atoms with Gasteiger partial charge in [-0.05, 0) is 79.7 Å². The average Bonchev–Trinajstić information content (AvgIpc) is 3.45. The number of carbonyl (C=O) groups excluding carboxylic acids is 1. The Morgan fingerprint density at radius 1 is 1.08 bits per heavy atom. The highest BCUT2D eigenvalue weighted by atomic mass is 16.5. The van der Waals surface area contributed by atoms with Gasteiger partial charge in [0.05, 0.1) is 6.61 Å². The zero-order valence-electron chi connectivity index (χ0n) is 21.8. The molecular formula is C30H37N5O2. The number of nitrogens with zero attached hydrogens (tertiary/aromatic N) is 5. The summed E-state index contributed by atoms with van der Waals surface area (Å²) in [6.07, 6.45) is 13.3. The quantitative estimate of drug-likeness (QED) is 0.478. The summed E-state index contributed by atoms with van der Waals surface area (Å²) >= 11 is 0. The standard InChI is InChI=1S/C30H37N5O2/c1-3-22-19-32-30(33-20-22)34-17-14-23(15-18-34)21-37-27-12-10-25(11-13-27)24-6-8-26(9-7-24)29(36)35-16-4-5-28(35)31-2/h6,10-13,19-20,23,26,28H,3-5,7-9,14-18,21H2,1H3/t26?,28-/m0/s1. The highest BCUT2D eigenvalue weighted by Gasteiger charge is 2.36. The lowest BCUT2D eigenvalue weighted by Crippen LogP contribution is -2.38. The lowest BCUT2D eigenvalue weighted by atomic mass is 9.86. The van der Waals surface area contributed by atoms with Crippen LogP contribution in [0.4, 0.5) is 5.95 Å². The topological polar surface area (TPSA) is 62.9 Å². The highest BCUT2D eigenvalue weighted by Crippen LogP contribution is 2.33. The van der Waals surface area contributed by atoms with Crippen molar-refractivity contribution in [3.05, 3.63) is 65.3 Å². The summed E-state index contributed by atoms with van der Waals surface area (Å²) in [5.41, 5.74) is 3.69. The van der Waals surface area contributed by atoms with Gasteiger partial charge in [0.2, 0.25) is 11.9 Å². The number of hydrogen-bond donors (Lipinski definition) is 0. The minimum atomic E-state index is -0.245. The third-order valence-corrected chi connectivity index (χ3v) is 8.12. The molecule has 1 aromatic heterocycles. The fourth-order valence-electron chi connectivity index (χ4n) is 5.67. The van der Waals surface area contributed by atoms with Crippen molar-refractivity contribution in [2.45, 2.75) is 64.5 Å². The maximum atomic E-state index is 12.9. The number of allylic oxidation sites excluding steroid dienone is 2.